The molecule has 0 unspecified atom stereocenters. The maximum Gasteiger partial charge on any atom is 0.291 e. The minimum atomic E-state index is -0.317. The summed E-state index contributed by atoms with van der Waals surface area (Å²) in [5, 5.41) is 10.7. The number of carbonyl (C=O) groups excluding carboxylic acids is 2. The summed E-state index contributed by atoms with van der Waals surface area (Å²) >= 11 is 1.59. The van der Waals surface area contributed by atoms with E-state index in [0.29, 0.717) is 24.4 Å². The van der Waals surface area contributed by atoms with Crippen LogP contribution in [0.5, 0.6) is 0 Å². The first-order chi connectivity index (χ1) is 16.6. The minimum absolute atomic E-state index is 0.0647. The number of amides is 2. The fourth-order valence-corrected chi connectivity index (χ4v) is 4.45. The molecule has 2 amide bonds. The molecule has 0 aliphatic carbocycles. The molecule has 0 aliphatic rings. The topological polar surface area (TPSA) is 96.3 Å². The highest BCUT2D eigenvalue weighted by Gasteiger charge is 2.12. The number of fused-ring (bicyclic) bond motifs is 2. The summed E-state index contributed by atoms with van der Waals surface area (Å²) in [5.74, 6) is -0.128. The molecule has 0 atom stereocenters. The summed E-state index contributed by atoms with van der Waals surface area (Å²) in [4.78, 5) is 29.2. The van der Waals surface area contributed by atoms with Gasteiger partial charge in [0, 0.05) is 24.2 Å². The Bertz CT molecular complexity index is 1390. The van der Waals surface area contributed by atoms with Crippen LogP contribution in [-0.2, 0) is 11.2 Å². The van der Waals surface area contributed by atoms with Crippen molar-refractivity contribution in [2.45, 2.75) is 6.42 Å². The maximum absolute atomic E-state index is 12.5. The van der Waals surface area contributed by atoms with Gasteiger partial charge in [-0.2, -0.15) is 0 Å². The lowest BCUT2D eigenvalue weighted by atomic mass is 10.1. The number of carbonyl (C=O) groups is 2. The average molecular weight is 471 g/mol. The molecule has 0 saturated heterocycles. The summed E-state index contributed by atoms with van der Waals surface area (Å²) < 4.78 is 6.73. The van der Waals surface area contributed by atoms with Gasteiger partial charge in [0.2, 0.25) is 5.91 Å². The molecule has 3 aromatic carbocycles. The molecule has 2 aromatic heterocycles. The summed E-state index contributed by atoms with van der Waals surface area (Å²) in [6, 6.07) is 24.4. The van der Waals surface area contributed by atoms with Gasteiger partial charge in [0.25, 0.3) is 5.91 Å². The van der Waals surface area contributed by atoms with Crippen LogP contribution in [0.15, 0.2) is 83.3 Å². The van der Waals surface area contributed by atoms with Crippen LogP contribution in [-0.4, -0.2) is 29.9 Å². The normalized spacial score (nSPS) is 10.9. The number of thiazole rings is 1. The molecule has 7 nitrogen and oxygen atoms in total. The van der Waals surface area contributed by atoms with Crippen molar-refractivity contribution in [1.29, 1.82) is 0 Å². The Balaban J connectivity index is 1.07. The van der Waals surface area contributed by atoms with E-state index in [1.165, 1.54) is 0 Å². The first-order valence-electron chi connectivity index (χ1n) is 10.9. The van der Waals surface area contributed by atoms with E-state index < -0.39 is 0 Å². The molecule has 0 radical (unpaired) electrons. The number of anilines is 2. The van der Waals surface area contributed by atoms with Gasteiger partial charge in [-0.25, -0.2) is 4.98 Å². The molecule has 5 rings (SSSR count). The molecule has 0 saturated carbocycles. The van der Waals surface area contributed by atoms with Crippen LogP contribution in [0.25, 0.3) is 21.2 Å². The van der Waals surface area contributed by atoms with E-state index in [1.807, 2.05) is 60.7 Å². The van der Waals surface area contributed by atoms with Crippen LogP contribution in [0.3, 0.4) is 0 Å². The Labute approximate surface area is 199 Å². The number of aromatic nitrogens is 1. The number of hydrogen-bond acceptors (Lipinski definition) is 6. The van der Waals surface area contributed by atoms with Gasteiger partial charge in [0.15, 0.2) is 10.9 Å². The van der Waals surface area contributed by atoms with Gasteiger partial charge in [-0.1, -0.05) is 53.8 Å². The average Bonchev–Trinajstić information content (AvgIpc) is 3.47. The molecular formula is C26H22N4O3S. The zero-order valence-corrected chi connectivity index (χ0v) is 19.0. The second-order valence-corrected chi connectivity index (χ2v) is 8.77. The molecule has 3 N–H and O–H groups in total. The van der Waals surface area contributed by atoms with Crippen LogP contribution in [0.1, 0.15) is 16.1 Å². The molecule has 0 fully saturated rings. The number of nitrogens with zero attached hydrogens (tertiary/aromatic N) is 1. The van der Waals surface area contributed by atoms with Crippen molar-refractivity contribution in [1.82, 2.24) is 10.3 Å². The summed E-state index contributed by atoms with van der Waals surface area (Å²) in [7, 11) is 0. The number of rotatable bonds is 8. The van der Waals surface area contributed by atoms with E-state index in [-0.39, 0.29) is 24.0 Å². The fraction of sp³-hybridized carbons (Fsp3) is 0.115. The van der Waals surface area contributed by atoms with E-state index >= 15 is 0 Å². The van der Waals surface area contributed by atoms with Crippen molar-refractivity contribution in [3.63, 3.8) is 0 Å². The quantitative estimate of drug-likeness (QED) is 0.275. The van der Waals surface area contributed by atoms with E-state index in [1.54, 1.807) is 29.5 Å². The molecule has 170 valence electrons. The Kier molecular flexibility index (Phi) is 6.22. The lowest BCUT2D eigenvalue weighted by Gasteiger charge is -2.07. The van der Waals surface area contributed by atoms with Crippen molar-refractivity contribution in [3.8, 4) is 0 Å². The highest BCUT2D eigenvalue weighted by Crippen LogP contribution is 2.25. The third kappa shape index (κ3) is 5.07. The zero-order valence-electron chi connectivity index (χ0n) is 18.2. The van der Waals surface area contributed by atoms with E-state index in [2.05, 4.69) is 20.9 Å². The van der Waals surface area contributed by atoms with Gasteiger partial charge in [-0.3, -0.25) is 9.59 Å². The smallest absolute Gasteiger partial charge is 0.291 e. The van der Waals surface area contributed by atoms with Gasteiger partial charge < -0.3 is 20.4 Å². The molecule has 34 heavy (non-hydrogen) atoms. The Morgan fingerprint density at radius 2 is 1.71 bits per heavy atom. The van der Waals surface area contributed by atoms with E-state index in [4.69, 9.17) is 4.42 Å². The SMILES string of the molecule is O=C(Cc1ccc(NC(=O)c2cc3ccccc3o2)cc1)NCCNc1nc2ccccc2s1. The highest BCUT2D eigenvalue weighted by molar-refractivity contribution is 7.22. The third-order valence-corrected chi connectivity index (χ3v) is 6.24. The first kappa shape index (κ1) is 21.7. The fourth-order valence-electron chi connectivity index (χ4n) is 3.56. The molecule has 5 aromatic rings. The molecule has 8 heteroatoms. The maximum atomic E-state index is 12.5. The monoisotopic (exact) mass is 470 g/mol. The van der Waals surface area contributed by atoms with Crippen LogP contribution in [0.2, 0.25) is 0 Å². The predicted octanol–water partition coefficient (Wildman–Crippen LogP) is 5.07. The lowest BCUT2D eigenvalue weighted by Crippen LogP contribution is -2.30. The van der Waals surface area contributed by atoms with Crippen molar-refractivity contribution in [2.24, 2.45) is 0 Å². The molecule has 0 bridgehead atoms. The van der Waals surface area contributed by atoms with E-state index in [0.717, 1.165) is 26.3 Å². The van der Waals surface area contributed by atoms with Crippen LogP contribution >= 0.6 is 11.3 Å². The van der Waals surface area contributed by atoms with Crippen molar-refractivity contribution < 1.29 is 14.0 Å². The second kappa shape index (κ2) is 9.76. The van der Waals surface area contributed by atoms with Crippen LogP contribution in [0, 0.1) is 0 Å². The minimum Gasteiger partial charge on any atom is -0.451 e. The van der Waals surface area contributed by atoms with Crippen LogP contribution in [0.4, 0.5) is 10.8 Å². The van der Waals surface area contributed by atoms with E-state index in [9.17, 15) is 9.59 Å². The highest BCUT2D eigenvalue weighted by atomic mass is 32.1. The molecule has 2 heterocycles. The van der Waals surface area contributed by atoms with Crippen molar-refractivity contribution in [3.05, 3.63) is 90.2 Å². The molecule has 0 aliphatic heterocycles. The number of nitrogens with one attached hydrogen (secondary N) is 3. The van der Waals surface area contributed by atoms with Crippen molar-refractivity contribution in [2.75, 3.05) is 23.7 Å². The number of furan rings is 1. The Hall–Kier alpha value is -4.17. The summed E-state index contributed by atoms with van der Waals surface area (Å²) in [5.41, 5.74) is 3.13. The Morgan fingerprint density at radius 1 is 0.912 bits per heavy atom. The Morgan fingerprint density at radius 3 is 2.53 bits per heavy atom. The lowest BCUT2D eigenvalue weighted by molar-refractivity contribution is -0.120. The van der Waals surface area contributed by atoms with Gasteiger partial charge >= 0.3 is 0 Å². The third-order valence-electron chi connectivity index (χ3n) is 5.24. The van der Waals surface area contributed by atoms with Gasteiger partial charge in [-0.05, 0) is 42.0 Å². The predicted molar refractivity (Wildman–Crippen MR) is 135 cm³/mol. The summed E-state index contributed by atoms with van der Waals surface area (Å²) in [6.07, 6.45) is 0.263. The van der Waals surface area contributed by atoms with Gasteiger partial charge in [-0.15, -0.1) is 0 Å². The number of para-hydroxylation sites is 2. The largest absolute Gasteiger partial charge is 0.451 e. The second-order valence-electron chi connectivity index (χ2n) is 7.74. The zero-order chi connectivity index (χ0) is 23.3. The molecular weight excluding hydrogens is 448 g/mol. The van der Waals surface area contributed by atoms with Gasteiger partial charge in [0.05, 0.1) is 16.6 Å². The molecule has 0 spiro atoms. The van der Waals surface area contributed by atoms with Crippen molar-refractivity contribution >= 4 is 55.2 Å². The number of benzene rings is 3. The first-order valence-corrected chi connectivity index (χ1v) is 11.7. The summed E-state index contributed by atoms with van der Waals surface area (Å²) in [6.45, 7) is 1.10. The van der Waals surface area contributed by atoms with Gasteiger partial charge in [0.1, 0.15) is 5.58 Å². The standard InChI is InChI=1S/C26H22N4O3S/c31-24(27-13-14-28-26-30-20-6-2-4-8-23(20)34-26)15-17-9-11-19(12-10-17)29-25(32)22-16-18-5-1-3-7-21(18)33-22/h1-12,16H,13-15H2,(H,27,31)(H,28,30)(H,29,32). The number of hydrogen-bond donors (Lipinski definition) is 3. The van der Waals surface area contributed by atoms with Crippen LogP contribution < -0.4 is 16.0 Å².